The van der Waals surface area contributed by atoms with Crippen LogP contribution < -0.4 is 10.6 Å². The molecule has 4 aromatic rings. The first kappa shape index (κ1) is 25.5. The molecular weight excluding hydrogens is 481 g/mol. The fraction of sp³-hybridized carbons (Fsp3) is 0.333. The molecule has 0 saturated carbocycles. The van der Waals surface area contributed by atoms with Crippen molar-refractivity contribution in [2.24, 2.45) is 0 Å². The second-order valence-electron chi connectivity index (χ2n) is 8.52. The zero-order valence-corrected chi connectivity index (χ0v) is 21.2. The van der Waals surface area contributed by atoms with E-state index in [0.29, 0.717) is 10.0 Å². The summed E-state index contributed by atoms with van der Waals surface area (Å²) < 4.78 is 0. The first-order valence-electron chi connectivity index (χ1n) is 12.0. The number of aromatic nitrogens is 2. The Morgan fingerprint density at radius 3 is 1.74 bits per heavy atom. The molecule has 0 aliphatic heterocycles. The number of nitrogens with zero attached hydrogens (tertiary/aromatic N) is 3. The van der Waals surface area contributed by atoms with Gasteiger partial charge in [-0.05, 0) is 74.3 Å². The lowest BCUT2D eigenvalue weighted by molar-refractivity contribution is 0.262. The molecule has 3 N–H and O–H groups in total. The molecule has 4 rings (SSSR count). The predicted molar refractivity (Wildman–Crippen MR) is 148 cm³/mol. The van der Waals surface area contributed by atoms with Crippen molar-refractivity contribution in [2.75, 3.05) is 50.0 Å². The SMILES string of the molecule is OCCCCCN(CCNc1ccnc2cc(Cl)ccc12)CCNc1ccnc2cc(Cl)ccc12. The van der Waals surface area contributed by atoms with Gasteiger partial charge in [-0.1, -0.05) is 23.2 Å². The smallest absolute Gasteiger partial charge is 0.0737 e. The second kappa shape index (κ2) is 12.9. The fourth-order valence-electron chi connectivity index (χ4n) is 4.21. The van der Waals surface area contributed by atoms with Crippen LogP contribution in [0.5, 0.6) is 0 Å². The van der Waals surface area contributed by atoms with Crippen LogP contribution in [0.3, 0.4) is 0 Å². The van der Waals surface area contributed by atoms with Crippen molar-refractivity contribution in [2.45, 2.75) is 19.3 Å². The van der Waals surface area contributed by atoms with Crippen molar-refractivity contribution < 1.29 is 5.11 Å². The van der Waals surface area contributed by atoms with Gasteiger partial charge in [-0.3, -0.25) is 14.9 Å². The van der Waals surface area contributed by atoms with Crippen molar-refractivity contribution >= 4 is 56.4 Å². The Kier molecular flexibility index (Phi) is 9.37. The van der Waals surface area contributed by atoms with Crippen molar-refractivity contribution in [1.82, 2.24) is 14.9 Å². The third-order valence-corrected chi connectivity index (χ3v) is 6.50. The average molecular weight is 512 g/mol. The van der Waals surface area contributed by atoms with Crippen LogP contribution in [0.25, 0.3) is 21.8 Å². The number of rotatable bonds is 13. The third kappa shape index (κ3) is 7.18. The molecule has 35 heavy (non-hydrogen) atoms. The van der Waals surface area contributed by atoms with Crippen LogP contribution in [-0.4, -0.2) is 59.3 Å². The molecule has 2 heterocycles. The summed E-state index contributed by atoms with van der Waals surface area (Å²) in [4.78, 5) is 11.3. The Bertz CT molecular complexity index is 1160. The molecule has 0 atom stereocenters. The first-order valence-corrected chi connectivity index (χ1v) is 12.8. The molecule has 2 aromatic heterocycles. The third-order valence-electron chi connectivity index (χ3n) is 6.03. The molecule has 6 nitrogen and oxygen atoms in total. The largest absolute Gasteiger partial charge is 0.396 e. The summed E-state index contributed by atoms with van der Waals surface area (Å²) in [6.45, 7) is 4.69. The van der Waals surface area contributed by atoms with E-state index in [2.05, 4.69) is 25.5 Å². The van der Waals surface area contributed by atoms with Crippen LogP contribution in [0.1, 0.15) is 19.3 Å². The summed E-state index contributed by atoms with van der Waals surface area (Å²) in [6.07, 6.45) is 6.56. The van der Waals surface area contributed by atoms with Gasteiger partial charge in [0.15, 0.2) is 0 Å². The van der Waals surface area contributed by atoms with E-state index in [1.54, 1.807) is 0 Å². The summed E-state index contributed by atoms with van der Waals surface area (Å²) >= 11 is 12.2. The highest BCUT2D eigenvalue weighted by atomic mass is 35.5. The van der Waals surface area contributed by atoms with Crippen LogP contribution in [0.2, 0.25) is 10.0 Å². The normalized spacial score (nSPS) is 11.4. The average Bonchev–Trinajstić information content (AvgIpc) is 2.86. The van der Waals surface area contributed by atoms with Gasteiger partial charge in [0.1, 0.15) is 0 Å². The standard InChI is InChI=1S/C27H31Cl2N5O/c28-20-4-6-22-24(8-10-30-26(22)18-20)32-12-15-34(14-2-1-3-17-35)16-13-33-25-9-11-31-27-19-21(29)5-7-23(25)27/h4-11,18-19,35H,1-3,12-17H2,(H,30,32)(H,31,33). The molecule has 2 aromatic carbocycles. The number of aliphatic hydroxyl groups is 1. The van der Waals surface area contributed by atoms with Gasteiger partial charge >= 0.3 is 0 Å². The lowest BCUT2D eigenvalue weighted by Crippen LogP contribution is -2.34. The van der Waals surface area contributed by atoms with Gasteiger partial charge < -0.3 is 15.7 Å². The number of aliphatic hydroxyl groups excluding tert-OH is 1. The van der Waals surface area contributed by atoms with Gasteiger partial charge in [0.25, 0.3) is 0 Å². The van der Waals surface area contributed by atoms with E-state index < -0.39 is 0 Å². The molecular formula is C27H31Cl2N5O. The molecule has 0 radical (unpaired) electrons. The van der Waals surface area contributed by atoms with Gasteiger partial charge in [-0.2, -0.15) is 0 Å². The molecule has 8 heteroatoms. The maximum atomic E-state index is 9.11. The molecule has 0 unspecified atom stereocenters. The zero-order valence-electron chi connectivity index (χ0n) is 19.7. The number of benzene rings is 2. The fourth-order valence-corrected chi connectivity index (χ4v) is 4.54. The van der Waals surface area contributed by atoms with Crippen molar-refractivity contribution in [3.63, 3.8) is 0 Å². The van der Waals surface area contributed by atoms with E-state index in [9.17, 15) is 0 Å². The van der Waals surface area contributed by atoms with Gasteiger partial charge in [-0.15, -0.1) is 0 Å². The summed E-state index contributed by atoms with van der Waals surface area (Å²) in [6, 6.07) is 15.6. The summed E-state index contributed by atoms with van der Waals surface area (Å²) in [7, 11) is 0. The highest BCUT2D eigenvalue weighted by Crippen LogP contribution is 2.25. The van der Waals surface area contributed by atoms with E-state index >= 15 is 0 Å². The topological polar surface area (TPSA) is 73.3 Å². The van der Waals surface area contributed by atoms with Gasteiger partial charge in [0.05, 0.1) is 11.0 Å². The van der Waals surface area contributed by atoms with Gasteiger partial charge in [-0.25, -0.2) is 0 Å². The van der Waals surface area contributed by atoms with Gasteiger partial charge in [0, 0.05) is 77.4 Å². The second-order valence-corrected chi connectivity index (χ2v) is 9.39. The van der Waals surface area contributed by atoms with Crippen LogP contribution in [0.15, 0.2) is 60.9 Å². The van der Waals surface area contributed by atoms with E-state index in [-0.39, 0.29) is 6.61 Å². The van der Waals surface area contributed by atoms with Crippen LogP contribution >= 0.6 is 23.2 Å². The number of fused-ring (bicyclic) bond motifs is 2. The number of hydrogen-bond acceptors (Lipinski definition) is 6. The molecule has 0 aliphatic carbocycles. The quantitative estimate of drug-likeness (QED) is 0.189. The number of hydrogen-bond donors (Lipinski definition) is 3. The van der Waals surface area contributed by atoms with Crippen LogP contribution in [0, 0.1) is 0 Å². The van der Waals surface area contributed by atoms with Crippen molar-refractivity contribution in [3.8, 4) is 0 Å². The maximum Gasteiger partial charge on any atom is 0.0737 e. The molecule has 184 valence electrons. The van der Waals surface area contributed by atoms with Crippen LogP contribution in [0.4, 0.5) is 11.4 Å². The summed E-state index contributed by atoms with van der Waals surface area (Å²) in [5.74, 6) is 0. The minimum Gasteiger partial charge on any atom is -0.396 e. The Balaban J connectivity index is 1.35. The molecule has 0 bridgehead atoms. The predicted octanol–water partition coefficient (Wildman–Crippen LogP) is 6.08. The number of pyridine rings is 2. The lowest BCUT2D eigenvalue weighted by atomic mass is 10.2. The highest BCUT2D eigenvalue weighted by Gasteiger charge is 2.08. The Morgan fingerprint density at radius 1 is 0.686 bits per heavy atom. The number of nitrogens with one attached hydrogen (secondary N) is 2. The molecule has 0 spiro atoms. The number of unbranched alkanes of at least 4 members (excludes halogenated alkanes) is 2. The lowest BCUT2D eigenvalue weighted by Gasteiger charge is -2.23. The molecule has 0 amide bonds. The minimum absolute atomic E-state index is 0.251. The molecule has 0 aliphatic rings. The Morgan fingerprint density at radius 2 is 1.23 bits per heavy atom. The Labute approximate surface area is 216 Å². The first-order chi connectivity index (χ1) is 17.1. The van der Waals surface area contributed by atoms with E-state index in [0.717, 1.165) is 85.2 Å². The summed E-state index contributed by atoms with van der Waals surface area (Å²) in [5, 5.41) is 19.8. The summed E-state index contributed by atoms with van der Waals surface area (Å²) in [5.41, 5.74) is 3.90. The molecule has 0 fully saturated rings. The number of anilines is 2. The number of halogens is 2. The van der Waals surface area contributed by atoms with Gasteiger partial charge in [0.2, 0.25) is 0 Å². The Hall–Kier alpha value is -2.64. The monoisotopic (exact) mass is 511 g/mol. The highest BCUT2D eigenvalue weighted by molar-refractivity contribution is 6.31. The van der Waals surface area contributed by atoms with E-state index in [1.165, 1.54) is 0 Å². The van der Waals surface area contributed by atoms with Crippen molar-refractivity contribution in [1.29, 1.82) is 0 Å². The van der Waals surface area contributed by atoms with E-state index in [1.807, 2.05) is 60.9 Å². The zero-order chi connectivity index (χ0) is 24.5. The maximum absolute atomic E-state index is 9.11. The van der Waals surface area contributed by atoms with E-state index in [4.69, 9.17) is 28.3 Å². The molecule has 0 saturated heterocycles. The van der Waals surface area contributed by atoms with Crippen LogP contribution in [-0.2, 0) is 0 Å². The van der Waals surface area contributed by atoms with Crippen molar-refractivity contribution in [3.05, 3.63) is 71.0 Å². The minimum atomic E-state index is 0.251.